The number of quaternary nitrogens is 1. The van der Waals surface area contributed by atoms with Crippen LogP contribution in [0.15, 0.2) is 42.6 Å². The van der Waals surface area contributed by atoms with Gasteiger partial charge in [-0.05, 0) is 31.0 Å². The zero-order valence-electron chi connectivity index (χ0n) is 15.9. The number of carbonyl (C=O) groups excluding carboxylic acids is 2. The van der Waals surface area contributed by atoms with Crippen LogP contribution in [0.25, 0.3) is 0 Å². The van der Waals surface area contributed by atoms with Gasteiger partial charge in [-0.25, -0.2) is 9.88 Å². The number of para-hydroxylation sites is 1. The highest BCUT2D eigenvalue weighted by Gasteiger charge is 2.47. The van der Waals surface area contributed by atoms with Crippen LogP contribution in [-0.4, -0.2) is 44.0 Å². The number of carbonyl (C=O) groups is 2. The lowest BCUT2D eigenvalue weighted by Crippen LogP contribution is -3.19. The summed E-state index contributed by atoms with van der Waals surface area (Å²) in [5, 5.41) is 0. The molecule has 2 aliphatic heterocycles. The smallest absolute Gasteiger partial charge is 0.292 e. The summed E-state index contributed by atoms with van der Waals surface area (Å²) >= 11 is 0. The number of imide groups is 1. The van der Waals surface area contributed by atoms with Crippen molar-refractivity contribution < 1.29 is 19.5 Å². The summed E-state index contributed by atoms with van der Waals surface area (Å²) in [6.45, 7) is 7.37. The van der Waals surface area contributed by atoms with Crippen molar-refractivity contribution >= 4 is 23.3 Å². The normalized spacial score (nSPS) is 21.2. The Morgan fingerprint density at radius 2 is 1.70 bits per heavy atom. The Bertz CT molecular complexity index is 839. The lowest BCUT2D eigenvalue weighted by Gasteiger charge is -2.31. The van der Waals surface area contributed by atoms with Crippen LogP contribution in [0.2, 0.25) is 0 Å². The molecule has 2 N–H and O–H groups in total. The highest BCUT2D eigenvalue weighted by molar-refractivity contribution is 6.22. The molecule has 140 valence electrons. The van der Waals surface area contributed by atoms with Gasteiger partial charge in [0.1, 0.15) is 26.2 Å². The Hall–Kier alpha value is -2.73. The van der Waals surface area contributed by atoms with Crippen molar-refractivity contribution in [3.8, 4) is 0 Å². The van der Waals surface area contributed by atoms with E-state index in [0.29, 0.717) is 6.42 Å². The van der Waals surface area contributed by atoms with Crippen molar-refractivity contribution in [1.29, 1.82) is 0 Å². The van der Waals surface area contributed by atoms with Gasteiger partial charge in [-0.3, -0.25) is 14.5 Å². The number of hydrogen-bond donors (Lipinski definition) is 1. The summed E-state index contributed by atoms with van der Waals surface area (Å²) in [6.07, 6.45) is 2.23. The SMILES string of the molecule is Cc1cccc(C)c1N1C(=O)C[C@H]([NH+]2CCN(c3cccc[nH+]3)CC2)C1=O. The predicted molar refractivity (Wildman–Crippen MR) is 103 cm³/mol. The molecular weight excluding hydrogens is 340 g/mol. The van der Waals surface area contributed by atoms with Gasteiger partial charge in [0.25, 0.3) is 11.7 Å². The van der Waals surface area contributed by atoms with Crippen LogP contribution in [0.1, 0.15) is 17.5 Å². The molecule has 2 aromatic rings. The molecule has 4 rings (SSSR count). The van der Waals surface area contributed by atoms with Crippen molar-refractivity contribution in [3.63, 3.8) is 0 Å². The van der Waals surface area contributed by atoms with E-state index < -0.39 is 0 Å². The number of hydrogen-bond acceptors (Lipinski definition) is 3. The van der Waals surface area contributed by atoms with Crippen molar-refractivity contribution in [1.82, 2.24) is 0 Å². The summed E-state index contributed by atoms with van der Waals surface area (Å²) in [6, 6.07) is 11.7. The topological polar surface area (TPSA) is 59.2 Å². The average Bonchev–Trinajstić information content (AvgIpc) is 2.97. The molecule has 0 spiro atoms. The Morgan fingerprint density at radius 1 is 1.00 bits per heavy atom. The maximum atomic E-state index is 13.1. The van der Waals surface area contributed by atoms with Gasteiger partial charge in [-0.2, -0.15) is 0 Å². The van der Waals surface area contributed by atoms with Crippen LogP contribution >= 0.6 is 0 Å². The zero-order valence-corrected chi connectivity index (χ0v) is 15.9. The maximum absolute atomic E-state index is 13.1. The third kappa shape index (κ3) is 3.21. The molecule has 0 radical (unpaired) electrons. The van der Waals surface area contributed by atoms with E-state index >= 15 is 0 Å². The first-order chi connectivity index (χ1) is 13.1. The highest BCUT2D eigenvalue weighted by Crippen LogP contribution is 2.29. The van der Waals surface area contributed by atoms with Gasteiger partial charge in [0, 0.05) is 6.07 Å². The molecule has 0 bridgehead atoms. The molecule has 0 saturated carbocycles. The number of aromatic nitrogens is 1. The number of nitrogens with one attached hydrogen (secondary N) is 2. The Labute approximate surface area is 159 Å². The third-order valence-corrected chi connectivity index (χ3v) is 5.74. The van der Waals surface area contributed by atoms with E-state index in [1.165, 1.54) is 9.80 Å². The fourth-order valence-corrected chi connectivity index (χ4v) is 4.31. The second kappa shape index (κ2) is 7.12. The van der Waals surface area contributed by atoms with Gasteiger partial charge >= 0.3 is 0 Å². The second-order valence-electron chi connectivity index (χ2n) is 7.46. The Morgan fingerprint density at radius 3 is 2.33 bits per heavy atom. The fourth-order valence-electron chi connectivity index (χ4n) is 4.31. The molecule has 3 heterocycles. The van der Waals surface area contributed by atoms with E-state index in [2.05, 4.69) is 16.0 Å². The third-order valence-electron chi connectivity index (χ3n) is 5.74. The summed E-state index contributed by atoms with van der Waals surface area (Å²) in [7, 11) is 0. The molecule has 1 atom stereocenters. The number of H-pyrrole nitrogens is 1. The molecule has 1 aromatic heterocycles. The molecule has 6 heteroatoms. The van der Waals surface area contributed by atoms with Gasteiger partial charge in [0.2, 0.25) is 5.91 Å². The van der Waals surface area contributed by atoms with Crippen LogP contribution in [-0.2, 0) is 9.59 Å². The molecule has 0 aliphatic carbocycles. The monoisotopic (exact) mass is 366 g/mol. The predicted octanol–water partition coefficient (Wildman–Crippen LogP) is 0.155. The van der Waals surface area contributed by atoms with Gasteiger partial charge in [0.05, 0.1) is 18.3 Å². The van der Waals surface area contributed by atoms with E-state index in [-0.39, 0.29) is 17.9 Å². The number of aromatic amines is 1. The molecule has 2 saturated heterocycles. The number of pyridine rings is 1. The standard InChI is InChI=1S/C21H24N4O2/c1-15-6-5-7-16(2)20(15)25-19(26)14-17(21(25)27)23-10-12-24(13-11-23)18-8-3-4-9-22-18/h3-9,17H,10-14H2,1-2H3/p+2/t17-/m0/s1. The number of nitrogens with zero attached hydrogens (tertiary/aromatic N) is 2. The number of benzene rings is 1. The van der Waals surface area contributed by atoms with E-state index in [4.69, 9.17) is 0 Å². The first-order valence-electron chi connectivity index (χ1n) is 9.55. The van der Waals surface area contributed by atoms with Gasteiger partial charge in [0.15, 0.2) is 6.04 Å². The van der Waals surface area contributed by atoms with Gasteiger partial charge in [-0.15, -0.1) is 0 Å². The van der Waals surface area contributed by atoms with E-state index in [1.54, 1.807) is 0 Å². The molecule has 2 aliphatic rings. The van der Waals surface area contributed by atoms with Gasteiger partial charge < -0.3 is 4.90 Å². The first-order valence-corrected chi connectivity index (χ1v) is 9.55. The minimum atomic E-state index is -0.265. The number of piperazine rings is 1. The molecular formula is C21H26N4O2+2. The highest BCUT2D eigenvalue weighted by atomic mass is 16.2. The van der Waals surface area contributed by atoms with Crippen LogP contribution in [0.5, 0.6) is 0 Å². The molecule has 1 aromatic carbocycles. The zero-order chi connectivity index (χ0) is 19.0. The lowest BCUT2D eigenvalue weighted by atomic mass is 10.1. The van der Waals surface area contributed by atoms with Crippen LogP contribution in [0.4, 0.5) is 11.5 Å². The van der Waals surface area contributed by atoms with E-state index in [0.717, 1.165) is 48.8 Å². The quantitative estimate of drug-likeness (QED) is 0.787. The number of anilines is 2. The van der Waals surface area contributed by atoms with Crippen LogP contribution < -0.4 is 19.7 Å². The number of aryl methyl sites for hydroxylation is 2. The van der Waals surface area contributed by atoms with Crippen molar-refractivity contribution in [2.75, 3.05) is 36.0 Å². The molecule has 6 nitrogen and oxygen atoms in total. The van der Waals surface area contributed by atoms with Crippen molar-refractivity contribution in [2.45, 2.75) is 26.3 Å². The Balaban J connectivity index is 1.49. The molecule has 2 fully saturated rings. The van der Waals surface area contributed by atoms with Crippen molar-refractivity contribution in [3.05, 3.63) is 53.7 Å². The summed E-state index contributed by atoms with van der Waals surface area (Å²) in [5.41, 5.74) is 2.71. The average molecular weight is 366 g/mol. The first kappa shape index (κ1) is 17.7. The van der Waals surface area contributed by atoms with Gasteiger partial charge in [-0.1, -0.05) is 24.3 Å². The lowest BCUT2D eigenvalue weighted by molar-refractivity contribution is -0.915. The molecule has 2 amide bonds. The van der Waals surface area contributed by atoms with Crippen LogP contribution in [0, 0.1) is 13.8 Å². The second-order valence-corrected chi connectivity index (χ2v) is 7.46. The summed E-state index contributed by atoms with van der Waals surface area (Å²) in [5.74, 6) is 0.975. The largest absolute Gasteiger partial charge is 0.318 e. The Kier molecular flexibility index (Phi) is 4.66. The fraction of sp³-hybridized carbons (Fsp3) is 0.381. The summed E-state index contributed by atoms with van der Waals surface area (Å²) < 4.78 is 0. The van der Waals surface area contributed by atoms with Crippen molar-refractivity contribution in [2.24, 2.45) is 0 Å². The number of amides is 2. The molecule has 0 unspecified atom stereocenters. The van der Waals surface area contributed by atoms with Crippen LogP contribution in [0.3, 0.4) is 0 Å². The number of rotatable bonds is 3. The maximum Gasteiger partial charge on any atom is 0.292 e. The van der Waals surface area contributed by atoms with E-state index in [9.17, 15) is 9.59 Å². The minimum Gasteiger partial charge on any atom is -0.318 e. The molecule has 27 heavy (non-hydrogen) atoms. The minimum absolute atomic E-state index is 0.0490. The summed E-state index contributed by atoms with van der Waals surface area (Å²) in [4.78, 5) is 34.1. The van der Waals surface area contributed by atoms with E-state index in [1.807, 2.05) is 50.4 Å².